The van der Waals surface area contributed by atoms with E-state index in [1.807, 2.05) is 0 Å². The zero-order chi connectivity index (χ0) is 29.8. The van der Waals surface area contributed by atoms with Crippen LogP contribution in [-0.2, 0) is 16.0 Å². The molecule has 1 aliphatic carbocycles. The number of nitrogen functional groups attached to an aromatic ring is 1. The molecule has 0 spiro atoms. The Labute approximate surface area is 255 Å². The molecule has 2 unspecified atom stereocenters. The Kier molecular flexibility index (Phi) is 9.60. The fourth-order valence-corrected chi connectivity index (χ4v) is 6.05. The average molecular weight is 639 g/mol. The van der Waals surface area contributed by atoms with E-state index in [4.69, 9.17) is 38.4 Å². The zero-order valence-electron chi connectivity index (χ0n) is 22.2. The van der Waals surface area contributed by atoms with Crippen LogP contribution >= 0.6 is 35.0 Å². The van der Waals surface area contributed by atoms with Gasteiger partial charge in [0.25, 0.3) is 5.91 Å². The molecule has 1 aliphatic heterocycles. The molecule has 5 rings (SSSR count). The molecular formula is C29H27Cl2F2N3O5S. The van der Waals surface area contributed by atoms with Crippen molar-refractivity contribution in [1.29, 1.82) is 0 Å². The summed E-state index contributed by atoms with van der Waals surface area (Å²) in [7, 11) is 0. The number of hydrogen-bond donors (Lipinski definition) is 1. The standard InChI is InChI=1S/C29H27Cl2F2N3O5S/c30-21-13-35-14-22(31)20(21)12-24(18-5-8-23(41-29(32)33)25(11-18)39-15-16-1-2-16)40-28(38)27-36(9-10-42-27)26(37)17-3-6-19(34)7-4-17/h3-8,11,13-14,16,24,27,29H,1-2,9-10,12,15,34H2. The van der Waals surface area contributed by atoms with Crippen molar-refractivity contribution in [3.63, 3.8) is 0 Å². The molecule has 3 aromatic rings. The summed E-state index contributed by atoms with van der Waals surface area (Å²) in [6.45, 7) is -2.36. The van der Waals surface area contributed by atoms with E-state index in [0.717, 1.165) is 12.8 Å². The SMILES string of the molecule is Nc1ccc(C(=O)N2CCSC2C(=O)OC(Cc2c(Cl)cncc2Cl)c2ccc(OC(F)F)c(OCC3CC3)c2)cc1. The van der Waals surface area contributed by atoms with E-state index >= 15 is 0 Å². The average Bonchev–Trinajstić information content (AvgIpc) is 3.66. The van der Waals surface area contributed by atoms with E-state index in [1.54, 1.807) is 24.3 Å². The molecule has 1 saturated carbocycles. The van der Waals surface area contributed by atoms with Gasteiger partial charge in [-0.3, -0.25) is 9.78 Å². The molecule has 42 heavy (non-hydrogen) atoms. The normalized spacial score (nSPS) is 17.3. The van der Waals surface area contributed by atoms with E-state index in [9.17, 15) is 18.4 Å². The summed E-state index contributed by atoms with van der Waals surface area (Å²) in [5, 5.41) is -0.378. The van der Waals surface area contributed by atoms with Gasteiger partial charge in [-0.2, -0.15) is 8.78 Å². The highest BCUT2D eigenvalue weighted by atomic mass is 35.5. The number of nitrogens with two attached hydrogens (primary N) is 1. The van der Waals surface area contributed by atoms with Crippen molar-refractivity contribution in [3.05, 3.63) is 81.6 Å². The summed E-state index contributed by atoms with van der Waals surface area (Å²) in [6.07, 6.45) is 3.92. The lowest BCUT2D eigenvalue weighted by Crippen LogP contribution is -2.40. The van der Waals surface area contributed by atoms with Crippen LogP contribution < -0.4 is 15.2 Å². The van der Waals surface area contributed by atoms with Gasteiger partial charge in [0, 0.05) is 42.4 Å². The van der Waals surface area contributed by atoms with Crippen LogP contribution in [0.2, 0.25) is 10.0 Å². The quantitative estimate of drug-likeness (QED) is 0.190. The number of ether oxygens (including phenoxy) is 3. The molecular weight excluding hydrogens is 611 g/mol. The van der Waals surface area contributed by atoms with Crippen molar-refractivity contribution >= 4 is 52.5 Å². The number of anilines is 1. The van der Waals surface area contributed by atoms with Crippen LogP contribution in [0.15, 0.2) is 54.9 Å². The summed E-state index contributed by atoms with van der Waals surface area (Å²) >= 11 is 14.1. The van der Waals surface area contributed by atoms with Crippen LogP contribution in [-0.4, -0.2) is 52.7 Å². The number of halogens is 4. The highest BCUT2D eigenvalue weighted by Gasteiger charge is 2.38. The fraction of sp³-hybridized carbons (Fsp3) is 0.345. The minimum atomic E-state index is -3.05. The Hall–Kier alpha value is -3.28. The molecule has 2 aromatic carbocycles. The number of carbonyl (C=O) groups is 2. The Bertz CT molecular complexity index is 1430. The van der Waals surface area contributed by atoms with Gasteiger partial charge in [-0.25, -0.2) is 4.79 Å². The Morgan fingerprint density at radius 1 is 1.07 bits per heavy atom. The largest absolute Gasteiger partial charge is 0.489 e. The number of amides is 1. The van der Waals surface area contributed by atoms with Crippen LogP contribution in [0.5, 0.6) is 11.5 Å². The minimum absolute atomic E-state index is 0.0480. The van der Waals surface area contributed by atoms with Crippen molar-refractivity contribution in [2.24, 2.45) is 5.92 Å². The number of hydrogen-bond acceptors (Lipinski definition) is 8. The monoisotopic (exact) mass is 637 g/mol. The lowest BCUT2D eigenvalue weighted by Gasteiger charge is -2.26. The van der Waals surface area contributed by atoms with Crippen LogP contribution in [0.4, 0.5) is 14.5 Å². The number of carbonyl (C=O) groups excluding carboxylic acids is 2. The first-order valence-electron chi connectivity index (χ1n) is 13.2. The van der Waals surface area contributed by atoms with Crippen molar-refractivity contribution in [2.75, 3.05) is 24.6 Å². The number of alkyl halides is 2. The van der Waals surface area contributed by atoms with Gasteiger partial charge in [-0.15, -0.1) is 11.8 Å². The molecule has 13 heteroatoms. The van der Waals surface area contributed by atoms with Crippen LogP contribution in [0.25, 0.3) is 0 Å². The van der Waals surface area contributed by atoms with Gasteiger partial charge in [0.1, 0.15) is 6.10 Å². The molecule has 1 amide bonds. The number of rotatable bonds is 11. The first-order chi connectivity index (χ1) is 20.2. The highest BCUT2D eigenvalue weighted by Crippen LogP contribution is 2.39. The molecule has 2 aliphatic rings. The predicted molar refractivity (Wildman–Crippen MR) is 156 cm³/mol. The topological polar surface area (TPSA) is 104 Å². The third-order valence-electron chi connectivity index (χ3n) is 6.84. The molecule has 222 valence electrons. The second-order valence-corrected chi connectivity index (χ2v) is 11.9. The number of nitrogens with zero attached hydrogens (tertiary/aromatic N) is 2. The molecule has 8 nitrogen and oxygen atoms in total. The third-order valence-corrected chi connectivity index (χ3v) is 8.67. The van der Waals surface area contributed by atoms with Crippen molar-refractivity contribution in [2.45, 2.75) is 37.4 Å². The van der Waals surface area contributed by atoms with Gasteiger partial charge in [-0.05, 0) is 66.3 Å². The molecule has 1 saturated heterocycles. The molecule has 2 heterocycles. The van der Waals surface area contributed by atoms with Gasteiger partial charge >= 0.3 is 12.6 Å². The van der Waals surface area contributed by atoms with Crippen molar-refractivity contribution < 1.29 is 32.6 Å². The molecule has 1 aromatic heterocycles. The number of thioether (sulfide) groups is 1. The van der Waals surface area contributed by atoms with Crippen LogP contribution in [0.1, 0.15) is 40.4 Å². The first-order valence-corrected chi connectivity index (χ1v) is 15.0. The summed E-state index contributed by atoms with van der Waals surface area (Å²) < 4.78 is 42.8. The lowest BCUT2D eigenvalue weighted by molar-refractivity contribution is -0.151. The molecule has 2 atom stereocenters. The molecule has 2 fully saturated rings. The second-order valence-electron chi connectivity index (χ2n) is 9.89. The predicted octanol–water partition coefficient (Wildman–Crippen LogP) is 6.40. The van der Waals surface area contributed by atoms with Gasteiger partial charge in [0.05, 0.1) is 16.7 Å². The molecule has 2 N–H and O–H groups in total. The van der Waals surface area contributed by atoms with Crippen LogP contribution in [0, 0.1) is 5.92 Å². The Morgan fingerprint density at radius 2 is 1.79 bits per heavy atom. The summed E-state index contributed by atoms with van der Waals surface area (Å²) in [5.74, 6) is -0.135. The zero-order valence-corrected chi connectivity index (χ0v) is 24.5. The maximum absolute atomic E-state index is 13.6. The van der Waals surface area contributed by atoms with Crippen molar-refractivity contribution in [3.8, 4) is 11.5 Å². The summed E-state index contributed by atoms with van der Waals surface area (Å²) in [6, 6.07) is 10.8. The van der Waals surface area contributed by atoms with E-state index in [1.165, 1.54) is 47.3 Å². The second kappa shape index (κ2) is 13.4. The van der Waals surface area contributed by atoms with Gasteiger partial charge in [0.15, 0.2) is 16.9 Å². The Balaban J connectivity index is 1.43. The fourth-order valence-electron chi connectivity index (χ4n) is 4.43. The third kappa shape index (κ3) is 7.37. The molecule has 0 bridgehead atoms. The van der Waals surface area contributed by atoms with Gasteiger partial charge < -0.3 is 24.8 Å². The van der Waals surface area contributed by atoms with Gasteiger partial charge in [0.2, 0.25) is 0 Å². The van der Waals surface area contributed by atoms with E-state index < -0.39 is 24.1 Å². The summed E-state index contributed by atoms with van der Waals surface area (Å²) in [5.41, 5.74) is 7.58. The highest BCUT2D eigenvalue weighted by molar-refractivity contribution is 8.00. The first kappa shape index (κ1) is 30.2. The number of aromatic nitrogens is 1. The molecule has 0 radical (unpaired) electrons. The van der Waals surface area contributed by atoms with Crippen LogP contribution in [0.3, 0.4) is 0 Å². The number of esters is 1. The number of benzene rings is 2. The Morgan fingerprint density at radius 3 is 2.45 bits per heavy atom. The smallest absolute Gasteiger partial charge is 0.387 e. The van der Waals surface area contributed by atoms with E-state index in [-0.39, 0.29) is 33.9 Å². The maximum atomic E-state index is 13.6. The minimum Gasteiger partial charge on any atom is -0.489 e. The summed E-state index contributed by atoms with van der Waals surface area (Å²) in [4.78, 5) is 32.3. The number of pyridine rings is 1. The van der Waals surface area contributed by atoms with Crippen molar-refractivity contribution in [1.82, 2.24) is 9.88 Å². The van der Waals surface area contributed by atoms with E-state index in [0.29, 0.717) is 47.2 Å². The lowest BCUT2D eigenvalue weighted by atomic mass is 10.0. The van der Waals surface area contributed by atoms with E-state index in [2.05, 4.69) is 9.72 Å². The maximum Gasteiger partial charge on any atom is 0.387 e. The van der Waals surface area contributed by atoms with Gasteiger partial charge in [-0.1, -0.05) is 29.3 Å².